The number of fused-ring (bicyclic) bond motifs is 1. The fourth-order valence-electron chi connectivity index (χ4n) is 3.37. The monoisotopic (exact) mass is 377 g/mol. The lowest BCUT2D eigenvalue weighted by Crippen LogP contribution is -2.24. The van der Waals surface area contributed by atoms with Gasteiger partial charge in [0.05, 0.1) is 12.1 Å². The summed E-state index contributed by atoms with van der Waals surface area (Å²) in [5.41, 5.74) is 3.24. The number of rotatable bonds is 5. The van der Waals surface area contributed by atoms with Gasteiger partial charge in [0, 0.05) is 31.4 Å². The molecule has 0 saturated carbocycles. The van der Waals surface area contributed by atoms with E-state index in [1.54, 1.807) is 11.2 Å². The number of aromatic nitrogens is 5. The molecule has 3 aromatic heterocycles. The molecule has 8 nitrogen and oxygen atoms in total. The van der Waals surface area contributed by atoms with Gasteiger partial charge >= 0.3 is 0 Å². The predicted octanol–water partition coefficient (Wildman–Crippen LogP) is 2.68. The number of nitrogens with zero attached hydrogens (tertiary/aromatic N) is 7. The number of hydrogen-bond acceptors (Lipinski definition) is 6. The molecule has 144 valence electrons. The highest BCUT2D eigenvalue weighted by atomic mass is 16.2. The Labute approximate surface area is 163 Å². The molecule has 3 aromatic rings. The second kappa shape index (κ2) is 7.03. The summed E-state index contributed by atoms with van der Waals surface area (Å²) in [5.74, 6) is 2.06. The van der Waals surface area contributed by atoms with E-state index in [2.05, 4.69) is 22.1 Å². The quantitative estimate of drug-likeness (QED) is 0.680. The minimum Gasteiger partial charge on any atom is -0.360 e. The molecule has 0 unspecified atom stereocenters. The summed E-state index contributed by atoms with van der Waals surface area (Å²) in [5, 5.41) is 8.14. The van der Waals surface area contributed by atoms with Crippen LogP contribution in [0.4, 0.5) is 11.6 Å². The topological polar surface area (TPSA) is 80.0 Å². The Morgan fingerprint density at radius 3 is 2.79 bits per heavy atom. The summed E-state index contributed by atoms with van der Waals surface area (Å²) < 4.78 is 1.92. The molecule has 0 radical (unpaired) electrons. The summed E-state index contributed by atoms with van der Waals surface area (Å²) in [4.78, 5) is 26.2. The van der Waals surface area contributed by atoms with E-state index in [4.69, 9.17) is 4.98 Å². The van der Waals surface area contributed by atoms with E-state index >= 15 is 0 Å². The Bertz CT molecular complexity index is 1040. The molecule has 1 amide bonds. The zero-order valence-corrected chi connectivity index (χ0v) is 16.5. The van der Waals surface area contributed by atoms with Crippen LogP contribution in [0.5, 0.6) is 0 Å². The lowest BCUT2D eigenvalue weighted by atomic mass is 10.1. The lowest BCUT2D eigenvalue weighted by Gasteiger charge is -2.17. The standard InChI is InChI=1S/C20H23N7O/c1-5-25(4)18-10-14-15(13(3)22-18)11-27(20(14)28)17-9-7-8-16(23-17)19-24-21-12-26(19)6-2/h7-10,12H,5-6,11H2,1-4H3. The van der Waals surface area contributed by atoms with Crippen LogP contribution in [0.1, 0.15) is 35.5 Å². The first-order valence-electron chi connectivity index (χ1n) is 9.42. The van der Waals surface area contributed by atoms with E-state index in [0.717, 1.165) is 30.2 Å². The van der Waals surface area contributed by atoms with Crippen LogP contribution >= 0.6 is 0 Å². The third kappa shape index (κ3) is 2.90. The van der Waals surface area contributed by atoms with Crippen molar-refractivity contribution in [2.75, 3.05) is 23.4 Å². The van der Waals surface area contributed by atoms with Crippen molar-refractivity contribution in [1.29, 1.82) is 0 Å². The summed E-state index contributed by atoms with van der Waals surface area (Å²) in [6.07, 6.45) is 1.68. The minimum atomic E-state index is -0.0483. The number of anilines is 2. The molecule has 0 aromatic carbocycles. The minimum absolute atomic E-state index is 0.0483. The SMILES string of the molecule is CCN(C)c1cc2c(c(C)n1)CN(c1cccc(-c3nncn3CC)n1)C2=O. The van der Waals surface area contributed by atoms with Gasteiger partial charge in [-0.2, -0.15) is 0 Å². The lowest BCUT2D eigenvalue weighted by molar-refractivity contribution is 0.0996. The molecule has 1 aliphatic rings. The average molecular weight is 377 g/mol. The van der Waals surface area contributed by atoms with Crippen molar-refractivity contribution in [2.45, 2.75) is 33.9 Å². The van der Waals surface area contributed by atoms with Gasteiger partial charge < -0.3 is 9.47 Å². The van der Waals surface area contributed by atoms with Crippen LogP contribution < -0.4 is 9.80 Å². The van der Waals surface area contributed by atoms with Gasteiger partial charge in [-0.1, -0.05) is 6.07 Å². The number of pyridine rings is 2. The Kier molecular flexibility index (Phi) is 4.54. The second-order valence-electron chi connectivity index (χ2n) is 6.82. The van der Waals surface area contributed by atoms with E-state index in [9.17, 15) is 4.79 Å². The molecule has 0 bridgehead atoms. The maximum Gasteiger partial charge on any atom is 0.260 e. The fourth-order valence-corrected chi connectivity index (χ4v) is 3.37. The first-order valence-corrected chi connectivity index (χ1v) is 9.42. The van der Waals surface area contributed by atoms with E-state index in [1.807, 2.05) is 54.6 Å². The Morgan fingerprint density at radius 1 is 1.21 bits per heavy atom. The molecule has 4 rings (SSSR count). The van der Waals surface area contributed by atoms with Crippen LogP contribution in [0, 0.1) is 6.92 Å². The largest absolute Gasteiger partial charge is 0.360 e. The average Bonchev–Trinajstić information content (AvgIpc) is 3.32. The molecule has 28 heavy (non-hydrogen) atoms. The van der Waals surface area contributed by atoms with Crippen molar-refractivity contribution in [3.63, 3.8) is 0 Å². The molecule has 4 heterocycles. The van der Waals surface area contributed by atoms with Crippen molar-refractivity contribution in [1.82, 2.24) is 24.7 Å². The van der Waals surface area contributed by atoms with E-state index in [1.165, 1.54) is 0 Å². The first kappa shape index (κ1) is 18.1. The van der Waals surface area contributed by atoms with Crippen molar-refractivity contribution >= 4 is 17.5 Å². The number of hydrogen-bond donors (Lipinski definition) is 0. The molecule has 0 fully saturated rings. The Balaban J connectivity index is 1.71. The van der Waals surface area contributed by atoms with Gasteiger partial charge in [0.25, 0.3) is 5.91 Å². The van der Waals surface area contributed by atoms with Crippen LogP contribution in [0.15, 0.2) is 30.6 Å². The zero-order chi connectivity index (χ0) is 19.8. The van der Waals surface area contributed by atoms with Crippen molar-refractivity contribution in [2.24, 2.45) is 0 Å². The Hall–Kier alpha value is -3.29. The maximum atomic E-state index is 13.1. The van der Waals surface area contributed by atoms with Crippen molar-refractivity contribution < 1.29 is 4.79 Å². The van der Waals surface area contributed by atoms with Gasteiger partial charge in [-0.25, -0.2) is 9.97 Å². The number of carbonyl (C=O) groups excluding carboxylic acids is 1. The Morgan fingerprint density at radius 2 is 2.04 bits per heavy atom. The van der Waals surface area contributed by atoms with Crippen LogP contribution in [-0.4, -0.2) is 44.2 Å². The summed E-state index contributed by atoms with van der Waals surface area (Å²) in [6.45, 7) is 8.09. The van der Waals surface area contributed by atoms with Gasteiger partial charge in [0.15, 0.2) is 5.82 Å². The molecular weight excluding hydrogens is 354 g/mol. The van der Waals surface area contributed by atoms with Gasteiger partial charge in [0.2, 0.25) is 0 Å². The van der Waals surface area contributed by atoms with Crippen molar-refractivity contribution in [3.05, 3.63) is 47.4 Å². The normalized spacial score (nSPS) is 13.1. The summed E-state index contributed by atoms with van der Waals surface area (Å²) in [7, 11) is 1.97. The third-order valence-electron chi connectivity index (χ3n) is 5.17. The highest BCUT2D eigenvalue weighted by Gasteiger charge is 2.32. The molecule has 0 aliphatic carbocycles. The summed E-state index contributed by atoms with van der Waals surface area (Å²) in [6, 6.07) is 7.51. The molecule has 8 heteroatoms. The highest BCUT2D eigenvalue weighted by Crippen LogP contribution is 2.31. The van der Waals surface area contributed by atoms with Crippen LogP contribution in [0.2, 0.25) is 0 Å². The van der Waals surface area contributed by atoms with Gasteiger partial charge in [-0.3, -0.25) is 9.69 Å². The maximum absolute atomic E-state index is 13.1. The molecule has 1 aliphatic heterocycles. The first-order chi connectivity index (χ1) is 13.5. The van der Waals surface area contributed by atoms with Gasteiger partial charge in [-0.15, -0.1) is 10.2 Å². The molecule has 0 saturated heterocycles. The number of aryl methyl sites for hydroxylation is 2. The van der Waals surface area contributed by atoms with E-state index < -0.39 is 0 Å². The summed E-state index contributed by atoms with van der Waals surface area (Å²) >= 11 is 0. The van der Waals surface area contributed by atoms with Gasteiger partial charge in [-0.05, 0) is 39.0 Å². The molecule has 0 N–H and O–H groups in total. The molecule has 0 atom stereocenters. The number of amides is 1. The number of carbonyl (C=O) groups is 1. The zero-order valence-electron chi connectivity index (χ0n) is 16.5. The molecular formula is C20H23N7O. The van der Waals surface area contributed by atoms with E-state index in [-0.39, 0.29) is 5.91 Å². The van der Waals surface area contributed by atoms with Crippen LogP contribution in [0.3, 0.4) is 0 Å². The van der Waals surface area contributed by atoms with Crippen LogP contribution in [-0.2, 0) is 13.1 Å². The smallest absolute Gasteiger partial charge is 0.260 e. The highest BCUT2D eigenvalue weighted by molar-refractivity contribution is 6.10. The third-order valence-corrected chi connectivity index (χ3v) is 5.17. The van der Waals surface area contributed by atoms with Crippen molar-refractivity contribution in [3.8, 4) is 11.5 Å². The second-order valence-corrected chi connectivity index (χ2v) is 6.82. The van der Waals surface area contributed by atoms with Gasteiger partial charge in [0.1, 0.15) is 23.7 Å². The molecule has 0 spiro atoms. The predicted molar refractivity (Wildman–Crippen MR) is 107 cm³/mol. The van der Waals surface area contributed by atoms with E-state index in [0.29, 0.717) is 29.4 Å². The van der Waals surface area contributed by atoms with Crippen LogP contribution in [0.25, 0.3) is 11.5 Å². The fraction of sp³-hybridized carbons (Fsp3) is 0.350.